The van der Waals surface area contributed by atoms with E-state index in [1.54, 1.807) is 0 Å². The zero-order valence-corrected chi connectivity index (χ0v) is 12.1. The van der Waals surface area contributed by atoms with Gasteiger partial charge >= 0.3 is 0 Å². The average molecular weight is 255 g/mol. The third-order valence-corrected chi connectivity index (χ3v) is 3.07. The van der Waals surface area contributed by atoms with Crippen molar-refractivity contribution in [3.05, 3.63) is 42.2 Å². The van der Waals surface area contributed by atoms with Gasteiger partial charge in [-0.2, -0.15) is 0 Å². The van der Waals surface area contributed by atoms with E-state index in [1.807, 2.05) is 19.3 Å². The number of hydrogen-bond donors (Lipinski definition) is 1. The maximum atomic E-state index is 4.29. The molecule has 1 aromatic heterocycles. The first-order chi connectivity index (χ1) is 9.00. The molecule has 3 heteroatoms. The number of rotatable bonds is 3. The van der Waals surface area contributed by atoms with Gasteiger partial charge in [0, 0.05) is 24.5 Å². The van der Waals surface area contributed by atoms with Crippen molar-refractivity contribution >= 4 is 5.95 Å². The fourth-order valence-electron chi connectivity index (χ4n) is 1.89. The van der Waals surface area contributed by atoms with Gasteiger partial charge in [0.2, 0.25) is 5.95 Å². The van der Waals surface area contributed by atoms with Crippen LogP contribution < -0.4 is 5.32 Å². The summed E-state index contributed by atoms with van der Waals surface area (Å²) in [6.07, 6.45) is 3.72. The lowest BCUT2D eigenvalue weighted by Crippen LogP contribution is -2.10. The van der Waals surface area contributed by atoms with E-state index in [0.717, 1.165) is 17.7 Å². The monoisotopic (exact) mass is 255 g/mol. The molecule has 0 fully saturated rings. The largest absolute Gasteiger partial charge is 0.355 e. The number of nitrogens with one attached hydrogen (secondary N) is 1. The predicted octanol–water partition coefficient (Wildman–Crippen LogP) is 3.87. The highest BCUT2D eigenvalue weighted by atomic mass is 15.1. The summed E-state index contributed by atoms with van der Waals surface area (Å²) in [5.41, 5.74) is 3.71. The Morgan fingerprint density at radius 3 is 2.00 bits per heavy atom. The second-order valence-electron chi connectivity index (χ2n) is 5.65. The van der Waals surface area contributed by atoms with Crippen LogP contribution in [-0.4, -0.2) is 16.5 Å². The molecule has 0 aliphatic heterocycles. The molecule has 0 saturated heterocycles. The fourth-order valence-corrected chi connectivity index (χ4v) is 1.89. The normalized spacial score (nSPS) is 11.4. The first-order valence-electron chi connectivity index (χ1n) is 6.67. The zero-order valence-electron chi connectivity index (χ0n) is 12.1. The van der Waals surface area contributed by atoms with Crippen molar-refractivity contribution in [1.29, 1.82) is 0 Å². The minimum absolute atomic E-state index is 0.184. The number of anilines is 1. The molecule has 0 bridgehead atoms. The Kier molecular flexibility index (Phi) is 3.84. The van der Waals surface area contributed by atoms with E-state index in [2.05, 4.69) is 60.3 Å². The summed E-state index contributed by atoms with van der Waals surface area (Å²) >= 11 is 0. The van der Waals surface area contributed by atoms with E-state index >= 15 is 0 Å². The third-order valence-electron chi connectivity index (χ3n) is 3.07. The Morgan fingerprint density at radius 1 is 0.947 bits per heavy atom. The summed E-state index contributed by atoms with van der Waals surface area (Å²) in [6.45, 7) is 9.52. The van der Waals surface area contributed by atoms with Crippen molar-refractivity contribution < 1.29 is 0 Å². The van der Waals surface area contributed by atoms with Gasteiger partial charge in [-0.05, 0) is 23.5 Å². The Bertz CT molecular complexity index is 521. The quantitative estimate of drug-likeness (QED) is 0.904. The van der Waals surface area contributed by atoms with E-state index in [-0.39, 0.29) is 5.41 Å². The number of nitrogens with zero attached hydrogens (tertiary/aromatic N) is 2. The van der Waals surface area contributed by atoms with Crippen molar-refractivity contribution in [2.45, 2.75) is 33.1 Å². The first kappa shape index (κ1) is 13.5. The molecule has 0 aliphatic rings. The maximum Gasteiger partial charge on any atom is 0.222 e. The van der Waals surface area contributed by atoms with Crippen molar-refractivity contribution in [3.8, 4) is 11.1 Å². The minimum atomic E-state index is 0.184. The molecule has 0 unspecified atom stereocenters. The molecule has 0 radical (unpaired) electrons. The average Bonchev–Trinajstić information content (AvgIpc) is 2.39. The van der Waals surface area contributed by atoms with Gasteiger partial charge in [-0.3, -0.25) is 0 Å². The molecule has 1 aromatic carbocycles. The molecule has 0 spiro atoms. The molecule has 0 atom stereocenters. The molecular formula is C16H21N3. The van der Waals surface area contributed by atoms with Crippen molar-refractivity contribution in [1.82, 2.24) is 9.97 Å². The molecule has 3 nitrogen and oxygen atoms in total. The lowest BCUT2D eigenvalue weighted by atomic mass is 9.86. The highest BCUT2D eigenvalue weighted by Gasteiger charge is 2.13. The summed E-state index contributed by atoms with van der Waals surface area (Å²) in [7, 11) is 0. The first-order valence-corrected chi connectivity index (χ1v) is 6.67. The highest BCUT2D eigenvalue weighted by Crippen LogP contribution is 2.25. The van der Waals surface area contributed by atoms with Crippen LogP contribution in [0.3, 0.4) is 0 Å². The van der Waals surface area contributed by atoms with E-state index in [1.165, 1.54) is 5.56 Å². The zero-order chi connectivity index (χ0) is 13.9. The van der Waals surface area contributed by atoms with Gasteiger partial charge in [-0.25, -0.2) is 9.97 Å². The Labute approximate surface area is 115 Å². The molecule has 1 N–H and O–H groups in total. The van der Waals surface area contributed by atoms with Crippen LogP contribution in [0.1, 0.15) is 33.3 Å². The lowest BCUT2D eigenvalue weighted by molar-refractivity contribution is 0.590. The van der Waals surface area contributed by atoms with Gasteiger partial charge in [-0.1, -0.05) is 45.0 Å². The smallest absolute Gasteiger partial charge is 0.222 e. The summed E-state index contributed by atoms with van der Waals surface area (Å²) in [5.74, 6) is 0.678. The van der Waals surface area contributed by atoms with Gasteiger partial charge in [-0.15, -0.1) is 0 Å². The number of aromatic nitrogens is 2. The molecule has 0 saturated carbocycles. The molecule has 0 amide bonds. The summed E-state index contributed by atoms with van der Waals surface area (Å²) in [5, 5.41) is 3.09. The molecule has 100 valence electrons. The van der Waals surface area contributed by atoms with Gasteiger partial charge in [0.25, 0.3) is 0 Å². The summed E-state index contributed by atoms with van der Waals surface area (Å²) in [6, 6.07) is 8.61. The topological polar surface area (TPSA) is 37.8 Å². The lowest BCUT2D eigenvalue weighted by Gasteiger charge is -2.19. The van der Waals surface area contributed by atoms with Gasteiger partial charge < -0.3 is 5.32 Å². The Hall–Kier alpha value is -1.90. The molecule has 1 heterocycles. The summed E-state index contributed by atoms with van der Waals surface area (Å²) < 4.78 is 0. The summed E-state index contributed by atoms with van der Waals surface area (Å²) in [4.78, 5) is 8.59. The van der Waals surface area contributed by atoms with Crippen LogP contribution in [0.15, 0.2) is 36.7 Å². The van der Waals surface area contributed by atoms with Crippen molar-refractivity contribution in [2.24, 2.45) is 0 Å². The Balaban J connectivity index is 2.22. The SMILES string of the molecule is CCNc1ncc(-c2ccc(C(C)(C)C)cc2)cn1. The van der Waals surface area contributed by atoms with Crippen LogP contribution in [0.4, 0.5) is 5.95 Å². The molecular weight excluding hydrogens is 234 g/mol. The minimum Gasteiger partial charge on any atom is -0.355 e. The molecule has 0 aliphatic carbocycles. The third kappa shape index (κ3) is 3.31. The maximum absolute atomic E-state index is 4.29. The molecule has 19 heavy (non-hydrogen) atoms. The standard InChI is InChI=1S/C16H21N3/c1-5-17-15-18-10-13(11-19-15)12-6-8-14(9-7-12)16(2,3)4/h6-11H,5H2,1-4H3,(H,17,18,19). The van der Waals surface area contributed by atoms with Gasteiger partial charge in [0.15, 0.2) is 0 Å². The van der Waals surface area contributed by atoms with Gasteiger partial charge in [0.05, 0.1) is 0 Å². The highest BCUT2D eigenvalue weighted by molar-refractivity contribution is 5.62. The molecule has 2 aromatic rings. The number of benzene rings is 1. The van der Waals surface area contributed by atoms with Crippen molar-refractivity contribution in [2.75, 3.05) is 11.9 Å². The predicted molar refractivity (Wildman–Crippen MR) is 80.3 cm³/mol. The van der Waals surface area contributed by atoms with E-state index in [4.69, 9.17) is 0 Å². The second kappa shape index (κ2) is 5.39. The van der Waals surface area contributed by atoms with E-state index < -0.39 is 0 Å². The Morgan fingerprint density at radius 2 is 1.53 bits per heavy atom. The van der Waals surface area contributed by atoms with E-state index in [0.29, 0.717) is 5.95 Å². The van der Waals surface area contributed by atoms with Crippen molar-refractivity contribution in [3.63, 3.8) is 0 Å². The van der Waals surface area contributed by atoms with Crippen LogP contribution in [0.25, 0.3) is 11.1 Å². The van der Waals surface area contributed by atoms with Crippen LogP contribution in [0, 0.1) is 0 Å². The molecule has 2 rings (SSSR count). The van der Waals surface area contributed by atoms with Crippen LogP contribution in [0.5, 0.6) is 0 Å². The van der Waals surface area contributed by atoms with Crippen LogP contribution in [-0.2, 0) is 5.41 Å². The van der Waals surface area contributed by atoms with Crippen LogP contribution >= 0.6 is 0 Å². The van der Waals surface area contributed by atoms with Crippen LogP contribution in [0.2, 0.25) is 0 Å². The second-order valence-corrected chi connectivity index (χ2v) is 5.65. The van der Waals surface area contributed by atoms with E-state index in [9.17, 15) is 0 Å². The number of hydrogen-bond acceptors (Lipinski definition) is 3. The fraction of sp³-hybridized carbons (Fsp3) is 0.375. The van der Waals surface area contributed by atoms with Gasteiger partial charge in [0.1, 0.15) is 0 Å².